The normalized spacial score (nSPS) is 11.4. The zero-order valence-corrected chi connectivity index (χ0v) is 27.9. The molecule has 0 aliphatic carbocycles. The number of hydrogen-bond donors (Lipinski definition) is 0. The van der Waals surface area contributed by atoms with Gasteiger partial charge in [-0.05, 0) is 41.5 Å². The predicted molar refractivity (Wildman–Crippen MR) is 210 cm³/mol. The van der Waals surface area contributed by atoms with E-state index in [1.165, 1.54) is 16.3 Å². The first-order chi connectivity index (χ1) is 25.7. The molecule has 0 spiro atoms. The van der Waals surface area contributed by atoms with Crippen LogP contribution in [0.5, 0.6) is 0 Å². The number of furan rings is 1. The van der Waals surface area contributed by atoms with Crippen LogP contribution in [0.15, 0.2) is 174 Å². The molecule has 0 aliphatic heterocycles. The second-order valence-electron chi connectivity index (χ2n) is 12.9. The Hall–Kier alpha value is -7.29. The van der Waals surface area contributed by atoms with Gasteiger partial charge in [0.25, 0.3) is 0 Å². The molecule has 0 atom stereocenters. The maximum absolute atomic E-state index is 10.7. The van der Waals surface area contributed by atoms with Crippen LogP contribution in [0.3, 0.4) is 0 Å². The van der Waals surface area contributed by atoms with Crippen molar-refractivity contribution in [2.24, 2.45) is 0 Å². The van der Waals surface area contributed by atoms with Gasteiger partial charge >= 0.3 is 0 Å². The van der Waals surface area contributed by atoms with E-state index in [9.17, 15) is 5.26 Å². The molecule has 0 radical (unpaired) electrons. The van der Waals surface area contributed by atoms with Gasteiger partial charge in [-0.25, -0.2) is 9.97 Å². The quantitative estimate of drug-likeness (QED) is 0.184. The van der Waals surface area contributed by atoms with Gasteiger partial charge in [-0.1, -0.05) is 133 Å². The van der Waals surface area contributed by atoms with Crippen molar-refractivity contribution in [3.05, 3.63) is 175 Å². The van der Waals surface area contributed by atoms with Gasteiger partial charge in [0.05, 0.1) is 22.4 Å². The molecule has 0 saturated carbocycles. The molecule has 10 aromatic rings. The zero-order chi connectivity index (χ0) is 34.6. The molecule has 0 amide bonds. The maximum Gasteiger partial charge on any atom is 0.160 e. The molecular weight excluding hydrogens is 637 g/mol. The smallest absolute Gasteiger partial charge is 0.160 e. The van der Waals surface area contributed by atoms with Gasteiger partial charge < -0.3 is 8.98 Å². The Kier molecular flexibility index (Phi) is 6.80. The van der Waals surface area contributed by atoms with E-state index in [0.29, 0.717) is 22.8 Å². The maximum atomic E-state index is 10.7. The van der Waals surface area contributed by atoms with E-state index in [1.54, 1.807) is 0 Å². The predicted octanol–water partition coefficient (Wildman–Crippen LogP) is 12.0. The summed E-state index contributed by atoms with van der Waals surface area (Å²) in [5, 5.41) is 14.9. The van der Waals surface area contributed by atoms with Crippen molar-refractivity contribution in [1.29, 1.82) is 5.26 Å². The Morgan fingerprint density at radius 1 is 0.481 bits per heavy atom. The Bertz CT molecular complexity index is 3010. The summed E-state index contributed by atoms with van der Waals surface area (Å²) >= 11 is 0. The van der Waals surface area contributed by atoms with E-state index in [4.69, 9.17) is 14.4 Å². The van der Waals surface area contributed by atoms with E-state index in [0.717, 1.165) is 60.9 Å². The topological polar surface area (TPSA) is 67.6 Å². The lowest BCUT2D eigenvalue weighted by molar-refractivity contribution is 0.668. The number of para-hydroxylation sites is 1. The van der Waals surface area contributed by atoms with Crippen molar-refractivity contribution in [2.45, 2.75) is 0 Å². The van der Waals surface area contributed by atoms with Crippen LogP contribution < -0.4 is 0 Å². The number of nitrogens with zero attached hydrogens (tertiary/aromatic N) is 4. The molecule has 10 rings (SSSR count). The SMILES string of the molecule is N#Cc1c(-c2ccccc2)nc(-c2ccccc2)nc1-c1cccc2oc3cc(-n4c5ccccc5c5ccc(-c6ccccc6)cc54)ccc3c12. The highest BCUT2D eigenvalue weighted by Gasteiger charge is 2.23. The molecule has 3 heterocycles. The van der Waals surface area contributed by atoms with E-state index in [-0.39, 0.29) is 0 Å². The third-order valence-electron chi connectivity index (χ3n) is 9.87. The summed E-state index contributed by atoms with van der Waals surface area (Å²) in [5.74, 6) is 0.557. The number of aromatic nitrogens is 3. The van der Waals surface area contributed by atoms with Crippen LogP contribution in [0.1, 0.15) is 5.56 Å². The highest BCUT2D eigenvalue weighted by atomic mass is 16.3. The second kappa shape index (κ2) is 11.9. The highest BCUT2D eigenvalue weighted by molar-refractivity contribution is 6.14. The van der Waals surface area contributed by atoms with Gasteiger partial charge in [0.15, 0.2) is 5.82 Å². The molecule has 5 heteroatoms. The molecule has 0 aliphatic rings. The van der Waals surface area contributed by atoms with Gasteiger partial charge in [-0.2, -0.15) is 5.26 Å². The summed E-state index contributed by atoms with van der Waals surface area (Å²) in [5.41, 5.74) is 11.2. The minimum atomic E-state index is 0.420. The Morgan fingerprint density at radius 3 is 1.90 bits per heavy atom. The lowest BCUT2D eigenvalue weighted by Gasteiger charge is -2.13. The lowest BCUT2D eigenvalue weighted by Crippen LogP contribution is -2.01. The van der Waals surface area contributed by atoms with Crippen LogP contribution in [0.25, 0.3) is 94.5 Å². The van der Waals surface area contributed by atoms with Crippen molar-refractivity contribution in [3.63, 3.8) is 0 Å². The first kappa shape index (κ1) is 29.6. The van der Waals surface area contributed by atoms with Crippen molar-refractivity contribution < 1.29 is 4.42 Å². The zero-order valence-electron chi connectivity index (χ0n) is 27.9. The van der Waals surface area contributed by atoms with Gasteiger partial charge in [-0.3, -0.25) is 0 Å². The number of hydrogen-bond acceptors (Lipinski definition) is 4. The Labute approximate surface area is 299 Å². The average molecular weight is 665 g/mol. The third-order valence-corrected chi connectivity index (χ3v) is 9.87. The van der Waals surface area contributed by atoms with Crippen molar-refractivity contribution in [1.82, 2.24) is 14.5 Å². The van der Waals surface area contributed by atoms with E-state index in [2.05, 4.69) is 95.6 Å². The summed E-state index contributed by atoms with van der Waals surface area (Å²) in [6.07, 6.45) is 0. The fourth-order valence-electron chi connectivity index (χ4n) is 7.49. The molecule has 242 valence electrons. The number of nitriles is 1. The van der Waals surface area contributed by atoms with Gasteiger partial charge in [0.1, 0.15) is 22.8 Å². The van der Waals surface area contributed by atoms with Crippen molar-refractivity contribution in [3.8, 4) is 56.8 Å². The lowest BCUT2D eigenvalue weighted by atomic mass is 9.97. The fourth-order valence-corrected chi connectivity index (χ4v) is 7.49. The van der Waals surface area contributed by atoms with Gasteiger partial charge in [0.2, 0.25) is 0 Å². The van der Waals surface area contributed by atoms with Crippen LogP contribution >= 0.6 is 0 Å². The van der Waals surface area contributed by atoms with Crippen LogP contribution in [0.2, 0.25) is 0 Å². The first-order valence-electron chi connectivity index (χ1n) is 17.2. The molecule has 0 bridgehead atoms. The monoisotopic (exact) mass is 664 g/mol. The molecular formula is C47H28N4O. The minimum absolute atomic E-state index is 0.420. The van der Waals surface area contributed by atoms with Crippen LogP contribution in [0.4, 0.5) is 0 Å². The van der Waals surface area contributed by atoms with E-state index < -0.39 is 0 Å². The van der Waals surface area contributed by atoms with Gasteiger partial charge in [-0.15, -0.1) is 0 Å². The van der Waals surface area contributed by atoms with Crippen molar-refractivity contribution >= 4 is 43.7 Å². The summed E-state index contributed by atoms with van der Waals surface area (Å²) < 4.78 is 8.95. The average Bonchev–Trinajstić information content (AvgIpc) is 3.76. The van der Waals surface area contributed by atoms with Gasteiger partial charge in [0, 0.05) is 50.0 Å². The summed E-state index contributed by atoms with van der Waals surface area (Å²) in [7, 11) is 0. The van der Waals surface area contributed by atoms with E-state index in [1.807, 2.05) is 84.9 Å². The van der Waals surface area contributed by atoms with Crippen molar-refractivity contribution in [2.75, 3.05) is 0 Å². The molecule has 7 aromatic carbocycles. The standard InChI is InChI=1S/C47H28N4O/c48-29-39-45(31-15-6-2-7-16-31)49-47(32-17-8-3-9-18-32)50-46(39)38-20-12-22-42-44(38)37-26-24-34(28-43(37)52-42)51-40-21-11-10-19-35(40)36-25-23-33(27-41(36)51)30-13-4-1-5-14-30/h1-28H. The Morgan fingerprint density at radius 2 is 1.13 bits per heavy atom. The minimum Gasteiger partial charge on any atom is -0.456 e. The Balaban J connectivity index is 1.20. The van der Waals surface area contributed by atoms with E-state index >= 15 is 0 Å². The molecule has 0 fully saturated rings. The number of rotatable bonds is 5. The largest absolute Gasteiger partial charge is 0.456 e. The summed E-state index contributed by atoms with van der Waals surface area (Å²) in [6.45, 7) is 0. The third kappa shape index (κ3) is 4.70. The molecule has 0 unspecified atom stereocenters. The second-order valence-corrected chi connectivity index (χ2v) is 12.9. The summed E-state index contributed by atoms with van der Waals surface area (Å²) in [6, 6.07) is 60.3. The summed E-state index contributed by atoms with van der Waals surface area (Å²) in [4.78, 5) is 10.0. The van der Waals surface area contributed by atoms with Crippen LogP contribution in [-0.4, -0.2) is 14.5 Å². The molecule has 3 aromatic heterocycles. The highest BCUT2D eigenvalue weighted by Crippen LogP contribution is 2.41. The number of benzene rings is 7. The van der Waals surface area contributed by atoms with Crippen LogP contribution in [0, 0.1) is 11.3 Å². The molecule has 0 N–H and O–H groups in total. The first-order valence-corrected chi connectivity index (χ1v) is 17.2. The number of fused-ring (bicyclic) bond motifs is 6. The molecule has 52 heavy (non-hydrogen) atoms. The molecule has 0 saturated heterocycles. The fraction of sp³-hybridized carbons (Fsp3) is 0. The molecule has 5 nitrogen and oxygen atoms in total. The van der Waals surface area contributed by atoms with Crippen LogP contribution in [-0.2, 0) is 0 Å².